The number of ether oxygens (including phenoxy) is 7. The third-order valence-electron chi connectivity index (χ3n) is 15.2. The first-order chi connectivity index (χ1) is 33.6. The molecule has 5 aliphatic rings. The Hall–Kier alpha value is -5.90. The zero-order valence-electron chi connectivity index (χ0n) is 40.0. The number of hydrogen-bond acceptors (Lipinski definition) is 18. The van der Waals surface area contributed by atoms with Crippen LogP contribution in [0.3, 0.4) is 0 Å². The van der Waals surface area contributed by atoms with Crippen molar-refractivity contribution in [1.82, 2.24) is 5.32 Å². The molecule has 19 heteroatoms. The SMILES string of the molecule is CC(=O)OC1C(=O)C2(C)C(OC3OCC(O)C(O)C3O)CC3OCC3(OC(C)=O)C2C(OC(=O)c2ccccc2)C2(O)CC(OC(=O)C(O)C(NC(=O)c3ccccc3)c3ccccc3)C(C)=C1C2(C)C. The Balaban J connectivity index is 1.30. The predicted octanol–water partition coefficient (Wildman–Crippen LogP) is 2.20. The van der Waals surface area contributed by atoms with E-state index in [1.54, 1.807) is 78.9 Å². The molecule has 1 amide bonds. The number of ketones is 1. The zero-order valence-corrected chi connectivity index (χ0v) is 40.0. The summed E-state index contributed by atoms with van der Waals surface area (Å²) in [7, 11) is 0. The Morgan fingerprint density at radius 2 is 1.39 bits per heavy atom. The monoisotopic (exact) mass is 985 g/mol. The lowest BCUT2D eigenvalue weighted by molar-refractivity contribution is -0.366. The summed E-state index contributed by atoms with van der Waals surface area (Å²) in [6.07, 6.45) is -17.9. The lowest BCUT2D eigenvalue weighted by Gasteiger charge is -2.68. The predicted molar refractivity (Wildman–Crippen MR) is 244 cm³/mol. The number of benzene rings is 3. The lowest BCUT2D eigenvalue weighted by atomic mass is 9.44. The summed E-state index contributed by atoms with van der Waals surface area (Å²) >= 11 is 0. The van der Waals surface area contributed by atoms with E-state index in [1.165, 1.54) is 39.8 Å². The summed E-state index contributed by atoms with van der Waals surface area (Å²) < 4.78 is 43.1. The van der Waals surface area contributed by atoms with Crippen LogP contribution in [0.5, 0.6) is 0 Å². The van der Waals surface area contributed by atoms with Crippen LogP contribution >= 0.6 is 0 Å². The normalized spacial score (nSPS) is 34.8. The van der Waals surface area contributed by atoms with Gasteiger partial charge in [-0.2, -0.15) is 0 Å². The smallest absolute Gasteiger partial charge is 0.338 e. The highest BCUT2D eigenvalue weighted by Crippen LogP contribution is 2.65. The van der Waals surface area contributed by atoms with Crippen LogP contribution in [0.25, 0.3) is 0 Å². The number of carbonyl (C=O) groups excluding carboxylic acids is 6. The van der Waals surface area contributed by atoms with Gasteiger partial charge in [-0.05, 0) is 54.8 Å². The molecule has 3 aromatic carbocycles. The molecule has 0 spiro atoms. The van der Waals surface area contributed by atoms with Crippen LogP contribution in [0.2, 0.25) is 0 Å². The van der Waals surface area contributed by atoms with Crippen molar-refractivity contribution >= 4 is 35.6 Å². The fraction of sp³-hybridized carbons (Fsp3) is 0.500. The van der Waals surface area contributed by atoms with Crippen LogP contribution in [0.15, 0.2) is 102 Å². The fourth-order valence-corrected chi connectivity index (χ4v) is 11.4. The van der Waals surface area contributed by atoms with E-state index < -0.39 is 150 Å². The van der Waals surface area contributed by atoms with E-state index in [9.17, 15) is 49.5 Å². The molecule has 4 fully saturated rings. The molecule has 0 aromatic heterocycles. The maximum atomic E-state index is 16.2. The van der Waals surface area contributed by atoms with E-state index in [0.717, 1.165) is 13.8 Å². The van der Waals surface area contributed by atoms with E-state index >= 15 is 4.79 Å². The van der Waals surface area contributed by atoms with Crippen LogP contribution in [0.1, 0.15) is 86.7 Å². The number of aliphatic hydroxyl groups is 5. The molecule has 15 atom stereocenters. The standard InChI is InChI=1S/C52H59NO18/c1-26-33(68-47(63)39(58)37(29-16-10-7-11-17-29)53-45(61)30-18-12-8-13-19-30)23-52(64)44(70-46(62)31-20-14-9-15-21-31)42-50(6,43(60)41(67-27(2)54)36(26)49(52,4)5)34(22-35-51(42,25-66-35)71-28(3)55)69-48-40(59)38(57)32(56)24-65-48/h7-21,32-35,37-42,44,48,56-59,64H,22-25H2,1-6H3,(H,53,61). The van der Waals surface area contributed by atoms with Gasteiger partial charge in [0.1, 0.15) is 42.2 Å². The van der Waals surface area contributed by atoms with Crippen molar-refractivity contribution in [2.24, 2.45) is 16.7 Å². The number of rotatable bonds is 12. The molecule has 15 unspecified atom stereocenters. The minimum absolute atomic E-state index is 0.0120. The largest absolute Gasteiger partial charge is 0.456 e. The molecule has 3 aromatic rings. The number of nitrogens with one attached hydrogen (secondary N) is 1. The molecule has 2 saturated heterocycles. The molecule has 71 heavy (non-hydrogen) atoms. The Kier molecular flexibility index (Phi) is 14.2. The topological polar surface area (TPSA) is 280 Å². The van der Waals surface area contributed by atoms with Gasteiger partial charge in [0.2, 0.25) is 0 Å². The summed E-state index contributed by atoms with van der Waals surface area (Å²) in [6, 6.07) is 22.6. The molecule has 6 N–H and O–H groups in total. The Bertz CT molecular complexity index is 2560. The zero-order chi connectivity index (χ0) is 51.4. The number of amides is 1. The van der Waals surface area contributed by atoms with Crippen molar-refractivity contribution in [3.63, 3.8) is 0 Å². The number of carbonyl (C=O) groups is 6. The van der Waals surface area contributed by atoms with E-state index in [-0.39, 0.29) is 28.7 Å². The van der Waals surface area contributed by atoms with Crippen molar-refractivity contribution in [2.75, 3.05) is 13.2 Å². The van der Waals surface area contributed by atoms with Crippen molar-refractivity contribution < 1.29 is 87.5 Å². The highest BCUT2D eigenvalue weighted by atomic mass is 16.7. The molecule has 2 heterocycles. The summed E-state index contributed by atoms with van der Waals surface area (Å²) in [5, 5.41) is 60.8. The van der Waals surface area contributed by atoms with Crippen LogP contribution in [-0.2, 0) is 52.3 Å². The van der Waals surface area contributed by atoms with E-state index in [2.05, 4.69) is 5.32 Å². The Morgan fingerprint density at radius 3 is 1.97 bits per heavy atom. The van der Waals surface area contributed by atoms with Gasteiger partial charge in [-0.25, -0.2) is 9.59 Å². The van der Waals surface area contributed by atoms with Gasteiger partial charge in [-0.15, -0.1) is 0 Å². The van der Waals surface area contributed by atoms with Crippen molar-refractivity contribution in [3.05, 3.63) is 119 Å². The fourth-order valence-electron chi connectivity index (χ4n) is 11.4. The summed E-state index contributed by atoms with van der Waals surface area (Å²) in [4.78, 5) is 85.6. The first-order valence-electron chi connectivity index (χ1n) is 23.4. The second-order valence-corrected chi connectivity index (χ2v) is 19.7. The molecule has 0 radical (unpaired) electrons. The molecular formula is C52H59NO18. The highest BCUT2D eigenvalue weighted by molar-refractivity contribution is 5.96. The number of aliphatic hydroxyl groups excluding tert-OH is 4. The minimum atomic E-state index is -2.51. The Morgan fingerprint density at radius 1 is 0.789 bits per heavy atom. The number of Topliss-reactive ketones (excluding diaryl/α,β-unsaturated/α-hetero) is 1. The number of esters is 4. The summed E-state index contributed by atoms with van der Waals surface area (Å²) in [6.45, 7) is 7.24. The Labute approximate surface area is 409 Å². The third-order valence-corrected chi connectivity index (χ3v) is 15.2. The van der Waals surface area contributed by atoms with E-state index in [4.69, 9.17) is 33.2 Å². The van der Waals surface area contributed by atoms with Gasteiger partial charge in [0.05, 0.1) is 42.3 Å². The third kappa shape index (κ3) is 8.96. The van der Waals surface area contributed by atoms with Crippen LogP contribution in [0.4, 0.5) is 0 Å². The summed E-state index contributed by atoms with van der Waals surface area (Å²) in [5.41, 5.74) is -7.76. The molecule has 2 saturated carbocycles. The highest BCUT2D eigenvalue weighted by Gasteiger charge is 2.79. The van der Waals surface area contributed by atoms with Gasteiger partial charge < -0.3 is 64.0 Å². The van der Waals surface area contributed by atoms with E-state index in [1.807, 2.05) is 0 Å². The molecule has 19 nitrogen and oxygen atoms in total. The first-order valence-corrected chi connectivity index (χ1v) is 23.4. The first kappa shape index (κ1) is 51.5. The van der Waals surface area contributed by atoms with Gasteiger partial charge in [-0.3, -0.25) is 19.2 Å². The summed E-state index contributed by atoms with van der Waals surface area (Å²) in [5.74, 6) is -7.31. The maximum Gasteiger partial charge on any atom is 0.338 e. The van der Waals surface area contributed by atoms with Gasteiger partial charge in [0, 0.05) is 37.7 Å². The molecule has 8 rings (SSSR count). The van der Waals surface area contributed by atoms with Crippen molar-refractivity contribution in [2.45, 2.75) is 133 Å². The van der Waals surface area contributed by atoms with Gasteiger partial charge in [-0.1, -0.05) is 80.6 Å². The van der Waals surface area contributed by atoms with Crippen LogP contribution in [-0.4, -0.2) is 147 Å². The average molecular weight is 986 g/mol. The maximum absolute atomic E-state index is 16.2. The molecule has 3 aliphatic carbocycles. The van der Waals surface area contributed by atoms with Gasteiger partial charge in [0.15, 0.2) is 29.9 Å². The van der Waals surface area contributed by atoms with Crippen LogP contribution < -0.4 is 5.32 Å². The molecular weight excluding hydrogens is 927 g/mol. The second kappa shape index (κ2) is 19.6. The second-order valence-electron chi connectivity index (χ2n) is 19.7. The van der Waals surface area contributed by atoms with E-state index in [0.29, 0.717) is 5.56 Å². The minimum Gasteiger partial charge on any atom is -0.456 e. The number of fused-ring (bicyclic) bond motifs is 5. The van der Waals surface area contributed by atoms with Gasteiger partial charge in [0.25, 0.3) is 5.91 Å². The lowest BCUT2D eigenvalue weighted by Crippen LogP contribution is -2.82. The molecule has 2 aliphatic heterocycles. The van der Waals surface area contributed by atoms with Crippen molar-refractivity contribution in [3.8, 4) is 0 Å². The molecule has 380 valence electrons. The van der Waals surface area contributed by atoms with Gasteiger partial charge >= 0.3 is 23.9 Å². The average Bonchev–Trinajstić information content (AvgIpc) is 3.34. The quantitative estimate of drug-likeness (QED) is 0.0862. The van der Waals surface area contributed by atoms with Crippen LogP contribution in [0, 0.1) is 16.7 Å². The molecule has 2 bridgehead atoms. The number of hydrogen-bond donors (Lipinski definition) is 6. The van der Waals surface area contributed by atoms with Crippen molar-refractivity contribution in [1.29, 1.82) is 0 Å².